The summed E-state index contributed by atoms with van der Waals surface area (Å²) >= 11 is 3.38. The van der Waals surface area contributed by atoms with Crippen molar-refractivity contribution in [2.24, 2.45) is 0 Å². The molecule has 0 radical (unpaired) electrons. The van der Waals surface area contributed by atoms with Crippen molar-refractivity contribution in [1.82, 2.24) is 4.98 Å². The van der Waals surface area contributed by atoms with Gasteiger partial charge < -0.3 is 15.4 Å². The van der Waals surface area contributed by atoms with E-state index in [1.807, 2.05) is 6.07 Å². The number of anilines is 2. The molecule has 2 N–H and O–H groups in total. The molecular weight excluding hydrogens is 294 g/mol. The van der Waals surface area contributed by atoms with E-state index in [0.29, 0.717) is 18.3 Å². The van der Waals surface area contributed by atoms with Crippen molar-refractivity contribution in [3.05, 3.63) is 16.7 Å². The average Bonchev–Trinajstić information content (AvgIpc) is 2.35. The second kappa shape index (κ2) is 7.59. The average molecular weight is 316 g/mol. The van der Waals surface area contributed by atoms with E-state index >= 15 is 0 Å². The van der Waals surface area contributed by atoms with Crippen molar-refractivity contribution in [1.29, 1.82) is 0 Å². The second-order valence-corrected chi connectivity index (χ2v) is 5.14. The maximum absolute atomic E-state index is 6.07. The quantitative estimate of drug-likeness (QED) is 0.840. The Kier molecular flexibility index (Phi) is 6.43. The molecule has 0 fully saturated rings. The first kappa shape index (κ1) is 15.2. The van der Waals surface area contributed by atoms with E-state index in [-0.39, 0.29) is 0 Å². The van der Waals surface area contributed by atoms with Crippen LogP contribution in [0, 0.1) is 0 Å². The molecule has 5 heteroatoms. The smallest absolute Gasteiger partial charge is 0.152 e. The largest absolute Gasteiger partial charge is 0.396 e. The molecule has 0 amide bonds. The van der Waals surface area contributed by atoms with Crippen LogP contribution in [-0.4, -0.2) is 31.3 Å². The summed E-state index contributed by atoms with van der Waals surface area (Å²) in [6, 6.07) is 2.33. The zero-order valence-corrected chi connectivity index (χ0v) is 12.9. The van der Waals surface area contributed by atoms with E-state index in [4.69, 9.17) is 10.5 Å². The molecule has 4 nitrogen and oxygen atoms in total. The maximum Gasteiger partial charge on any atom is 0.152 e. The van der Waals surface area contributed by atoms with Crippen LogP contribution in [0.4, 0.5) is 11.5 Å². The molecule has 0 bridgehead atoms. The highest BCUT2D eigenvalue weighted by Gasteiger charge is 2.18. The molecule has 1 aromatic heterocycles. The normalized spacial score (nSPS) is 10.9. The third kappa shape index (κ3) is 3.85. The van der Waals surface area contributed by atoms with Gasteiger partial charge in [0.15, 0.2) is 5.82 Å². The van der Waals surface area contributed by atoms with Gasteiger partial charge in [-0.05, 0) is 34.8 Å². The Labute approximate surface area is 118 Å². The highest BCUT2D eigenvalue weighted by Crippen LogP contribution is 2.26. The molecule has 0 saturated carbocycles. The zero-order valence-electron chi connectivity index (χ0n) is 11.3. The minimum Gasteiger partial charge on any atom is -0.396 e. The minimum absolute atomic E-state index is 0.441. The number of rotatable bonds is 7. The molecule has 0 saturated heterocycles. The van der Waals surface area contributed by atoms with Gasteiger partial charge in [-0.3, -0.25) is 0 Å². The topological polar surface area (TPSA) is 51.4 Å². The van der Waals surface area contributed by atoms with Crippen molar-refractivity contribution in [3.8, 4) is 0 Å². The number of hydrogen-bond acceptors (Lipinski definition) is 4. The van der Waals surface area contributed by atoms with Crippen LogP contribution in [-0.2, 0) is 4.74 Å². The number of halogens is 1. The molecule has 0 spiro atoms. The molecule has 102 valence electrons. The van der Waals surface area contributed by atoms with Gasteiger partial charge in [0.2, 0.25) is 0 Å². The van der Waals surface area contributed by atoms with Crippen LogP contribution in [0.15, 0.2) is 16.7 Å². The lowest BCUT2D eigenvalue weighted by atomic mass is 10.1. The van der Waals surface area contributed by atoms with Crippen LogP contribution < -0.4 is 10.6 Å². The SMILES string of the molecule is CCC(CC)N(CCOC)c1ncc(Br)cc1N. The predicted molar refractivity (Wildman–Crippen MR) is 79.9 cm³/mol. The van der Waals surface area contributed by atoms with Crippen LogP contribution in [0.25, 0.3) is 0 Å². The Morgan fingerprint density at radius 3 is 2.61 bits per heavy atom. The lowest BCUT2D eigenvalue weighted by Gasteiger charge is -2.32. The maximum atomic E-state index is 6.07. The first-order valence-electron chi connectivity index (χ1n) is 6.30. The summed E-state index contributed by atoms with van der Waals surface area (Å²) in [4.78, 5) is 6.69. The standard InChI is InChI=1S/C13H22BrN3O/c1-4-11(5-2)17(6-7-18-3)13-12(15)8-10(14)9-16-13/h8-9,11H,4-7,15H2,1-3H3. The minimum atomic E-state index is 0.441. The first-order valence-corrected chi connectivity index (χ1v) is 7.09. The molecule has 1 aromatic rings. The highest BCUT2D eigenvalue weighted by atomic mass is 79.9. The number of pyridine rings is 1. The third-order valence-corrected chi connectivity index (χ3v) is 3.49. The van der Waals surface area contributed by atoms with Crippen molar-refractivity contribution in [3.63, 3.8) is 0 Å². The molecule has 18 heavy (non-hydrogen) atoms. The molecule has 0 aromatic carbocycles. The number of methoxy groups -OCH3 is 1. The van der Waals surface area contributed by atoms with Gasteiger partial charge in [-0.25, -0.2) is 4.98 Å². The number of nitrogen functional groups attached to an aromatic ring is 1. The van der Waals surface area contributed by atoms with Crippen molar-refractivity contribution < 1.29 is 4.74 Å². The number of hydrogen-bond donors (Lipinski definition) is 1. The molecule has 1 rings (SSSR count). The van der Waals surface area contributed by atoms with E-state index in [1.165, 1.54) is 0 Å². The van der Waals surface area contributed by atoms with Gasteiger partial charge in [-0.1, -0.05) is 13.8 Å². The van der Waals surface area contributed by atoms with Crippen LogP contribution in [0.5, 0.6) is 0 Å². The fourth-order valence-electron chi connectivity index (χ4n) is 2.07. The van der Waals surface area contributed by atoms with Crippen molar-refractivity contribution >= 4 is 27.4 Å². The van der Waals surface area contributed by atoms with Gasteiger partial charge in [0.05, 0.1) is 12.3 Å². The van der Waals surface area contributed by atoms with E-state index in [1.54, 1.807) is 13.3 Å². The highest BCUT2D eigenvalue weighted by molar-refractivity contribution is 9.10. The number of nitrogens with zero attached hydrogens (tertiary/aromatic N) is 2. The van der Waals surface area contributed by atoms with E-state index < -0.39 is 0 Å². The Bertz CT molecular complexity index is 369. The molecule has 0 aliphatic carbocycles. The zero-order chi connectivity index (χ0) is 13.5. The van der Waals surface area contributed by atoms with Gasteiger partial charge in [0.25, 0.3) is 0 Å². The molecule has 0 atom stereocenters. The summed E-state index contributed by atoms with van der Waals surface area (Å²) in [5.41, 5.74) is 6.77. The van der Waals surface area contributed by atoms with Crippen LogP contribution in [0.1, 0.15) is 26.7 Å². The van der Waals surface area contributed by atoms with Crippen LogP contribution in [0.3, 0.4) is 0 Å². The third-order valence-electron chi connectivity index (χ3n) is 3.05. The number of aromatic nitrogens is 1. The monoisotopic (exact) mass is 315 g/mol. The summed E-state index contributed by atoms with van der Waals surface area (Å²) in [5.74, 6) is 0.851. The summed E-state index contributed by atoms with van der Waals surface area (Å²) in [6.45, 7) is 5.85. The fraction of sp³-hybridized carbons (Fsp3) is 0.615. The number of nitrogens with two attached hydrogens (primary N) is 1. The van der Waals surface area contributed by atoms with Crippen LogP contribution in [0.2, 0.25) is 0 Å². The molecule has 0 unspecified atom stereocenters. The van der Waals surface area contributed by atoms with Gasteiger partial charge >= 0.3 is 0 Å². The Morgan fingerprint density at radius 2 is 2.11 bits per heavy atom. The van der Waals surface area contributed by atoms with Gasteiger partial charge in [-0.15, -0.1) is 0 Å². The Hall–Kier alpha value is -0.810. The van der Waals surface area contributed by atoms with E-state index in [0.717, 1.165) is 29.7 Å². The molecule has 0 aliphatic rings. The summed E-state index contributed by atoms with van der Waals surface area (Å²) < 4.78 is 6.08. The van der Waals surface area contributed by atoms with Crippen molar-refractivity contribution in [2.75, 3.05) is 30.9 Å². The van der Waals surface area contributed by atoms with E-state index in [2.05, 4.69) is 39.7 Å². The Morgan fingerprint density at radius 1 is 1.44 bits per heavy atom. The first-order chi connectivity index (χ1) is 8.63. The van der Waals surface area contributed by atoms with Gasteiger partial charge in [-0.2, -0.15) is 0 Å². The molecular formula is C13H22BrN3O. The van der Waals surface area contributed by atoms with Crippen molar-refractivity contribution in [2.45, 2.75) is 32.7 Å². The number of ether oxygens (including phenoxy) is 1. The van der Waals surface area contributed by atoms with E-state index in [9.17, 15) is 0 Å². The summed E-state index contributed by atoms with van der Waals surface area (Å²) in [5, 5.41) is 0. The fourth-order valence-corrected chi connectivity index (χ4v) is 2.42. The van der Waals surface area contributed by atoms with Crippen LogP contribution >= 0.6 is 15.9 Å². The predicted octanol–water partition coefficient (Wildman–Crippen LogP) is 3.07. The Balaban J connectivity index is 3.00. The lowest BCUT2D eigenvalue weighted by Crippen LogP contribution is -2.38. The lowest BCUT2D eigenvalue weighted by molar-refractivity contribution is 0.202. The summed E-state index contributed by atoms with van der Waals surface area (Å²) in [7, 11) is 1.71. The van der Waals surface area contributed by atoms with Gasteiger partial charge in [0.1, 0.15) is 0 Å². The second-order valence-electron chi connectivity index (χ2n) is 4.22. The molecule has 1 heterocycles. The van der Waals surface area contributed by atoms with Gasteiger partial charge in [0, 0.05) is 30.4 Å². The molecule has 0 aliphatic heterocycles. The summed E-state index contributed by atoms with van der Waals surface area (Å²) in [6.07, 6.45) is 3.92.